The van der Waals surface area contributed by atoms with Crippen molar-refractivity contribution < 1.29 is 9.59 Å². The second-order valence-corrected chi connectivity index (χ2v) is 12.0. The van der Waals surface area contributed by atoms with Crippen LogP contribution in [0.1, 0.15) is 64.2 Å². The van der Waals surface area contributed by atoms with E-state index < -0.39 is 8.80 Å². The van der Waals surface area contributed by atoms with Crippen LogP contribution in [-0.4, -0.2) is 93.1 Å². The number of rotatable bonds is 7. The molecule has 2 rings (SSSR count). The summed E-state index contributed by atoms with van der Waals surface area (Å²) in [5.41, 5.74) is 2.08. The molecule has 166 valence electrons. The van der Waals surface area contributed by atoms with Gasteiger partial charge in [0.2, 0.25) is 0 Å². The molecule has 0 atom stereocenters. The summed E-state index contributed by atoms with van der Waals surface area (Å²) < 4.78 is 0. The van der Waals surface area contributed by atoms with Crippen molar-refractivity contribution in [2.24, 2.45) is 0 Å². The Labute approximate surface area is 179 Å². The molecule has 6 nitrogen and oxygen atoms in total. The molecule has 0 aromatic heterocycles. The Bertz CT molecular complexity index is 499. The Hall–Kier alpha value is -1.50. The summed E-state index contributed by atoms with van der Waals surface area (Å²) in [4.78, 5) is 33.6. The van der Waals surface area contributed by atoms with E-state index in [0.717, 1.165) is 38.0 Å². The quantitative estimate of drug-likeness (QED) is 0.588. The third-order valence-corrected chi connectivity index (χ3v) is 8.87. The number of carbonyl (C=O) groups is 2. The smallest absolute Gasteiger partial charge is 0.319 e. The van der Waals surface area contributed by atoms with E-state index in [1.54, 1.807) is 9.80 Å². The lowest BCUT2D eigenvalue weighted by Crippen LogP contribution is -2.55. The van der Waals surface area contributed by atoms with Gasteiger partial charge in [-0.3, -0.25) is 0 Å². The monoisotopic (exact) mass is 422 g/mol. The highest BCUT2D eigenvalue weighted by atomic mass is 28.3. The Kier molecular flexibility index (Phi) is 9.53. The molecule has 0 radical (unpaired) electrons. The van der Waals surface area contributed by atoms with Crippen LogP contribution in [0.15, 0.2) is 12.3 Å². The molecule has 2 saturated carbocycles. The van der Waals surface area contributed by atoms with Crippen molar-refractivity contribution in [1.29, 1.82) is 0 Å². The maximum Gasteiger partial charge on any atom is 0.319 e. The zero-order valence-corrected chi connectivity index (χ0v) is 20.3. The molecule has 0 aromatic carbocycles. The summed E-state index contributed by atoms with van der Waals surface area (Å²) in [6.07, 6.45) is 13.3. The van der Waals surface area contributed by atoms with Crippen LogP contribution in [0.4, 0.5) is 9.59 Å². The molecule has 0 aliphatic heterocycles. The fourth-order valence-electron chi connectivity index (χ4n) is 4.78. The number of urea groups is 2. The fourth-order valence-corrected chi connectivity index (χ4v) is 7.11. The van der Waals surface area contributed by atoms with Gasteiger partial charge in [-0.2, -0.15) is 0 Å². The van der Waals surface area contributed by atoms with Crippen molar-refractivity contribution in [3.05, 3.63) is 12.3 Å². The molecule has 2 aliphatic carbocycles. The highest BCUT2D eigenvalue weighted by Crippen LogP contribution is 2.25. The second-order valence-electron chi connectivity index (χ2n) is 9.24. The van der Waals surface area contributed by atoms with Crippen molar-refractivity contribution >= 4 is 20.9 Å². The summed E-state index contributed by atoms with van der Waals surface area (Å²) in [5, 5.41) is 0. The predicted octanol–water partition coefficient (Wildman–Crippen LogP) is 3.65. The van der Waals surface area contributed by atoms with Crippen molar-refractivity contribution in [3.8, 4) is 0 Å². The van der Waals surface area contributed by atoms with Gasteiger partial charge in [0.25, 0.3) is 0 Å². The fraction of sp³-hybridized carbons (Fsp3) is 0.818. The van der Waals surface area contributed by atoms with Gasteiger partial charge in [0, 0.05) is 52.6 Å². The standard InChI is InChI=1S/C22H42N4O2Si/c1-6-29(17-25(21(27)23(2)3)19-13-9-7-10-14-19)18-26(22(28)24(4)5)20-15-11-8-12-16-20/h6,19-20,29H,1,7-18H2,2-5H3. The molecule has 0 heterocycles. The molecule has 0 unspecified atom stereocenters. The summed E-state index contributed by atoms with van der Waals surface area (Å²) >= 11 is 0. The van der Waals surface area contributed by atoms with E-state index in [4.69, 9.17) is 0 Å². The minimum absolute atomic E-state index is 0.111. The molecule has 2 aliphatic rings. The highest BCUT2D eigenvalue weighted by Gasteiger charge is 2.32. The van der Waals surface area contributed by atoms with Crippen LogP contribution in [0.25, 0.3) is 0 Å². The third kappa shape index (κ3) is 6.76. The summed E-state index contributed by atoms with van der Waals surface area (Å²) in [5.74, 6) is 0. The maximum atomic E-state index is 13.0. The van der Waals surface area contributed by atoms with E-state index in [0.29, 0.717) is 12.1 Å². The number of amides is 4. The van der Waals surface area contributed by atoms with Gasteiger partial charge < -0.3 is 19.6 Å². The van der Waals surface area contributed by atoms with Crippen LogP contribution >= 0.6 is 0 Å². The molecule has 0 N–H and O–H groups in total. The highest BCUT2D eigenvalue weighted by molar-refractivity contribution is 6.64. The first kappa shape index (κ1) is 23.8. The lowest BCUT2D eigenvalue weighted by atomic mass is 9.95. The van der Waals surface area contributed by atoms with Gasteiger partial charge in [-0.1, -0.05) is 38.5 Å². The average Bonchev–Trinajstić information content (AvgIpc) is 2.74. The molecule has 0 aromatic rings. The minimum atomic E-state index is -1.54. The van der Waals surface area contributed by atoms with E-state index >= 15 is 0 Å². The van der Waals surface area contributed by atoms with Crippen LogP contribution in [0.3, 0.4) is 0 Å². The van der Waals surface area contributed by atoms with Crippen molar-refractivity contribution in [2.45, 2.75) is 76.3 Å². The third-order valence-electron chi connectivity index (χ3n) is 6.48. The summed E-state index contributed by atoms with van der Waals surface area (Å²) in [7, 11) is 5.81. The van der Waals surface area contributed by atoms with Crippen molar-refractivity contribution in [2.75, 3.05) is 40.5 Å². The molecule has 29 heavy (non-hydrogen) atoms. The van der Waals surface area contributed by atoms with Crippen LogP contribution in [0.5, 0.6) is 0 Å². The second kappa shape index (κ2) is 11.6. The Morgan fingerprint density at radius 1 is 0.759 bits per heavy atom. The Morgan fingerprint density at radius 2 is 1.10 bits per heavy atom. The molecule has 0 saturated heterocycles. The van der Waals surface area contributed by atoms with Gasteiger partial charge in [0.05, 0.1) is 0 Å². The van der Waals surface area contributed by atoms with E-state index in [2.05, 4.69) is 22.1 Å². The predicted molar refractivity (Wildman–Crippen MR) is 123 cm³/mol. The minimum Gasteiger partial charge on any atom is -0.331 e. The Balaban J connectivity index is 2.14. The lowest BCUT2D eigenvalue weighted by Gasteiger charge is -2.40. The first-order valence-corrected chi connectivity index (χ1v) is 13.7. The number of nitrogens with zero attached hydrogens (tertiary/aromatic N) is 4. The van der Waals surface area contributed by atoms with Gasteiger partial charge >= 0.3 is 12.1 Å². The molecular formula is C22H42N4O2Si. The van der Waals surface area contributed by atoms with Crippen LogP contribution in [-0.2, 0) is 0 Å². The van der Waals surface area contributed by atoms with E-state index in [1.165, 1.54) is 38.5 Å². The van der Waals surface area contributed by atoms with E-state index in [1.807, 2.05) is 28.2 Å². The van der Waals surface area contributed by atoms with Crippen LogP contribution < -0.4 is 0 Å². The lowest BCUT2D eigenvalue weighted by molar-refractivity contribution is 0.139. The Morgan fingerprint density at radius 3 is 1.38 bits per heavy atom. The molecule has 0 spiro atoms. The molecule has 2 fully saturated rings. The van der Waals surface area contributed by atoms with Crippen LogP contribution in [0.2, 0.25) is 0 Å². The van der Waals surface area contributed by atoms with Gasteiger partial charge in [-0.05, 0) is 25.7 Å². The zero-order valence-electron chi connectivity index (χ0n) is 19.1. The summed E-state index contributed by atoms with van der Waals surface area (Å²) in [6.45, 7) is 4.12. The molecular weight excluding hydrogens is 380 g/mol. The first-order valence-electron chi connectivity index (χ1n) is 11.4. The summed E-state index contributed by atoms with van der Waals surface area (Å²) in [6, 6.07) is 0.890. The van der Waals surface area contributed by atoms with Crippen molar-refractivity contribution in [3.63, 3.8) is 0 Å². The van der Waals surface area contributed by atoms with E-state index in [-0.39, 0.29) is 12.1 Å². The average molecular weight is 423 g/mol. The SMILES string of the molecule is C=C[SiH](CN(C(=O)N(C)C)C1CCCCC1)CN(C(=O)N(C)C)C1CCCCC1. The number of carbonyl (C=O) groups excluding carboxylic acids is 2. The largest absolute Gasteiger partial charge is 0.331 e. The van der Waals surface area contributed by atoms with Gasteiger partial charge in [0.15, 0.2) is 0 Å². The maximum absolute atomic E-state index is 13.0. The van der Waals surface area contributed by atoms with Crippen molar-refractivity contribution in [1.82, 2.24) is 19.6 Å². The van der Waals surface area contributed by atoms with Crippen LogP contribution in [0, 0.1) is 0 Å². The molecule has 7 heteroatoms. The van der Waals surface area contributed by atoms with Gasteiger partial charge in [0.1, 0.15) is 8.80 Å². The van der Waals surface area contributed by atoms with Gasteiger partial charge in [-0.25, -0.2) is 9.59 Å². The number of hydrogen-bond donors (Lipinski definition) is 0. The molecule has 4 amide bonds. The number of hydrogen-bond acceptors (Lipinski definition) is 2. The molecule has 0 bridgehead atoms. The zero-order chi connectivity index (χ0) is 21.4. The topological polar surface area (TPSA) is 47.1 Å². The van der Waals surface area contributed by atoms with E-state index in [9.17, 15) is 9.59 Å². The first-order chi connectivity index (χ1) is 13.8. The van der Waals surface area contributed by atoms with Gasteiger partial charge in [-0.15, -0.1) is 12.3 Å². The normalized spacial score (nSPS) is 18.4.